The number of hydrogen-bond donors (Lipinski definition) is 1. The Morgan fingerprint density at radius 3 is 2.04 bits per heavy atom. The number of aryl methyl sites for hydroxylation is 2. The molecule has 0 atom stereocenters. The first kappa shape index (κ1) is 18.9. The third-order valence-electron chi connectivity index (χ3n) is 4.56. The van der Waals surface area contributed by atoms with Gasteiger partial charge in [-0.2, -0.15) is 8.42 Å². The zero-order valence-corrected chi connectivity index (χ0v) is 15.5. The molecular formula is C20H28O3S. The van der Waals surface area contributed by atoms with Crippen molar-refractivity contribution in [2.75, 3.05) is 0 Å². The fourth-order valence-corrected chi connectivity index (χ4v) is 4.11. The largest absolute Gasteiger partial charge is 0.294 e. The molecule has 2 rings (SSSR count). The number of benzene rings is 2. The number of hydrogen-bond acceptors (Lipinski definition) is 2. The lowest BCUT2D eigenvalue weighted by atomic mass is 9.93. The summed E-state index contributed by atoms with van der Waals surface area (Å²) in [5.41, 5.74) is 1.78. The minimum absolute atomic E-state index is 0.101. The van der Waals surface area contributed by atoms with Crippen LogP contribution in [0.25, 0.3) is 10.8 Å². The van der Waals surface area contributed by atoms with Crippen LogP contribution in [-0.4, -0.2) is 13.0 Å². The van der Waals surface area contributed by atoms with E-state index in [0.29, 0.717) is 6.42 Å². The predicted molar refractivity (Wildman–Crippen MR) is 100 cm³/mol. The second-order valence-corrected chi connectivity index (χ2v) is 7.84. The molecule has 4 heteroatoms. The first-order valence-electron chi connectivity index (χ1n) is 9.00. The third-order valence-corrected chi connectivity index (χ3v) is 5.48. The highest BCUT2D eigenvalue weighted by Gasteiger charge is 2.20. The Morgan fingerprint density at radius 2 is 1.46 bits per heavy atom. The molecule has 0 saturated heterocycles. The van der Waals surface area contributed by atoms with E-state index in [1.54, 1.807) is 6.07 Å². The highest BCUT2D eigenvalue weighted by molar-refractivity contribution is 7.85. The van der Waals surface area contributed by atoms with Crippen LogP contribution >= 0.6 is 0 Å². The van der Waals surface area contributed by atoms with E-state index in [0.717, 1.165) is 66.8 Å². The fraction of sp³-hybridized carbons (Fsp3) is 0.500. The van der Waals surface area contributed by atoms with Gasteiger partial charge in [0.25, 0.3) is 10.1 Å². The van der Waals surface area contributed by atoms with Crippen molar-refractivity contribution in [2.24, 2.45) is 0 Å². The molecule has 3 nitrogen and oxygen atoms in total. The van der Waals surface area contributed by atoms with Crippen molar-refractivity contribution in [2.45, 2.75) is 70.1 Å². The third kappa shape index (κ3) is 4.58. The van der Waals surface area contributed by atoms with Crippen LogP contribution in [0.3, 0.4) is 0 Å². The van der Waals surface area contributed by atoms with E-state index in [4.69, 9.17) is 0 Å². The van der Waals surface area contributed by atoms with E-state index >= 15 is 0 Å². The van der Waals surface area contributed by atoms with Crippen molar-refractivity contribution in [3.8, 4) is 0 Å². The molecule has 2 aromatic carbocycles. The van der Waals surface area contributed by atoms with Crippen LogP contribution in [0.2, 0.25) is 0 Å². The van der Waals surface area contributed by atoms with Crippen LogP contribution in [0.15, 0.2) is 35.2 Å². The summed E-state index contributed by atoms with van der Waals surface area (Å²) >= 11 is 0. The summed E-state index contributed by atoms with van der Waals surface area (Å²) in [6.07, 6.45) is 7.85. The Kier molecular flexibility index (Phi) is 6.81. The monoisotopic (exact) mass is 348 g/mol. The summed E-state index contributed by atoms with van der Waals surface area (Å²) in [6.45, 7) is 4.27. The summed E-state index contributed by atoms with van der Waals surface area (Å²) in [4.78, 5) is 0.101. The molecule has 0 bridgehead atoms. The maximum absolute atomic E-state index is 12.0. The van der Waals surface area contributed by atoms with E-state index < -0.39 is 10.1 Å². The summed E-state index contributed by atoms with van der Waals surface area (Å²) in [5.74, 6) is 0. The van der Waals surface area contributed by atoms with Gasteiger partial charge in [0.05, 0.1) is 4.90 Å². The molecule has 0 amide bonds. The van der Waals surface area contributed by atoms with Gasteiger partial charge in [-0.3, -0.25) is 4.55 Å². The molecule has 0 aromatic heterocycles. The molecule has 1 N–H and O–H groups in total. The van der Waals surface area contributed by atoms with E-state index in [1.165, 1.54) is 0 Å². The molecule has 0 aliphatic heterocycles. The second kappa shape index (κ2) is 8.63. The molecule has 0 heterocycles. The zero-order valence-electron chi connectivity index (χ0n) is 14.7. The van der Waals surface area contributed by atoms with E-state index in [1.807, 2.05) is 18.2 Å². The SMILES string of the molecule is CCCCCc1cc(S(=O)(=O)O)c(CCCCC)c2ccccc12. The van der Waals surface area contributed by atoms with E-state index in [9.17, 15) is 13.0 Å². The van der Waals surface area contributed by atoms with E-state index in [-0.39, 0.29) is 4.90 Å². The number of rotatable bonds is 9. The molecule has 2 aromatic rings. The van der Waals surface area contributed by atoms with Gasteiger partial charge in [-0.25, -0.2) is 0 Å². The maximum atomic E-state index is 12.0. The Hall–Kier alpha value is -1.39. The number of unbranched alkanes of at least 4 members (excludes halogenated alkanes) is 4. The van der Waals surface area contributed by atoms with Gasteiger partial charge in [-0.1, -0.05) is 63.8 Å². The summed E-state index contributed by atoms with van der Waals surface area (Å²) in [6, 6.07) is 9.68. The van der Waals surface area contributed by atoms with Crippen LogP contribution in [0.5, 0.6) is 0 Å². The van der Waals surface area contributed by atoms with Gasteiger partial charge in [-0.15, -0.1) is 0 Å². The first-order chi connectivity index (χ1) is 11.5. The van der Waals surface area contributed by atoms with Crippen molar-refractivity contribution in [3.05, 3.63) is 41.5 Å². The molecule has 0 unspecified atom stereocenters. The Balaban J connectivity index is 2.58. The van der Waals surface area contributed by atoms with Crippen LogP contribution in [-0.2, 0) is 23.0 Å². The van der Waals surface area contributed by atoms with Crippen LogP contribution in [0.4, 0.5) is 0 Å². The van der Waals surface area contributed by atoms with Crippen LogP contribution in [0, 0.1) is 0 Å². The fourth-order valence-electron chi connectivity index (χ4n) is 3.29. The van der Waals surface area contributed by atoms with Crippen molar-refractivity contribution in [1.29, 1.82) is 0 Å². The first-order valence-corrected chi connectivity index (χ1v) is 10.4. The Bertz CT molecular complexity index is 779. The topological polar surface area (TPSA) is 54.4 Å². The molecule has 0 aliphatic carbocycles. The maximum Gasteiger partial charge on any atom is 0.294 e. The van der Waals surface area contributed by atoms with Crippen LogP contribution in [0.1, 0.15) is 63.5 Å². The lowest BCUT2D eigenvalue weighted by Gasteiger charge is -2.15. The lowest BCUT2D eigenvalue weighted by Crippen LogP contribution is -2.06. The average Bonchev–Trinajstić information content (AvgIpc) is 2.55. The minimum Gasteiger partial charge on any atom is -0.282 e. The van der Waals surface area contributed by atoms with Crippen LogP contribution < -0.4 is 0 Å². The second-order valence-electron chi connectivity index (χ2n) is 6.45. The lowest BCUT2D eigenvalue weighted by molar-refractivity contribution is 0.482. The summed E-state index contributed by atoms with van der Waals surface area (Å²) in [5, 5.41) is 2.09. The quantitative estimate of drug-likeness (QED) is 0.477. The summed E-state index contributed by atoms with van der Waals surface area (Å²) < 4.78 is 33.7. The minimum atomic E-state index is -4.22. The standard InChI is InChI=1S/C20H28O3S/c1-3-5-7-11-16-15-20(24(21,22)23)19(14-8-6-4-2)18-13-10-9-12-17(16)18/h9-10,12-13,15H,3-8,11,14H2,1-2H3,(H,21,22,23). The molecular weight excluding hydrogens is 320 g/mol. The molecule has 0 spiro atoms. The highest BCUT2D eigenvalue weighted by Crippen LogP contribution is 2.31. The van der Waals surface area contributed by atoms with E-state index in [2.05, 4.69) is 19.9 Å². The zero-order chi connectivity index (χ0) is 17.6. The van der Waals surface area contributed by atoms with Crippen molar-refractivity contribution in [1.82, 2.24) is 0 Å². The normalized spacial score (nSPS) is 12.0. The van der Waals surface area contributed by atoms with Gasteiger partial charge in [0.2, 0.25) is 0 Å². The van der Waals surface area contributed by atoms with Gasteiger partial charge in [0, 0.05) is 0 Å². The van der Waals surface area contributed by atoms with Crippen molar-refractivity contribution < 1.29 is 13.0 Å². The van der Waals surface area contributed by atoms with Gasteiger partial charge in [0.15, 0.2) is 0 Å². The smallest absolute Gasteiger partial charge is 0.282 e. The Morgan fingerprint density at radius 1 is 0.875 bits per heavy atom. The average molecular weight is 349 g/mol. The molecule has 0 radical (unpaired) electrons. The summed E-state index contributed by atoms with van der Waals surface area (Å²) in [7, 11) is -4.22. The van der Waals surface area contributed by atoms with Crippen molar-refractivity contribution >= 4 is 20.9 Å². The molecule has 0 saturated carbocycles. The van der Waals surface area contributed by atoms with Gasteiger partial charge >= 0.3 is 0 Å². The Labute approximate surface area is 145 Å². The predicted octanol–water partition coefficient (Wildman–Crippen LogP) is 5.55. The van der Waals surface area contributed by atoms with Crippen molar-refractivity contribution in [3.63, 3.8) is 0 Å². The molecule has 0 fully saturated rings. The van der Waals surface area contributed by atoms with Gasteiger partial charge < -0.3 is 0 Å². The molecule has 24 heavy (non-hydrogen) atoms. The molecule has 132 valence electrons. The molecule has 0 aliphatic rings. The van der Waals surface area contributed by atoms with Gasteiger partial charge in [0.1, 0.15) is 0 Å². The highest BCUT2D eigenvalue weighted by atomic mass is 32.2. The number of fused-ring (bicyclic) bond motifs is 1. The van der Waals surface area contributed by atoms with Gasteiger partial charge in [-0.05, 0) is 53.6 Å².